The second-order valence-corrected chi connectivity index (χ2v) is 10.3. The molecule has 0 radical (unpaired) electrons. The van der Waals surface area contributed by atoms with Crippen LogP contribution in [-0.4, -0.2) is 74.2 Å². The van der Waals surface area contributed by atoms with E-state index in [4.69, 9.17) is 9.47 Å². The number of hydrogen-bond donors (Lipinski definition) is 0. The van der Waals surface area contributed by atoms with E-state index in [1.165, 1.54) is 5.56 Å². The molecule has 2 heterocycles. The Bertz CT molecular complexity index is 1010. The van der Waals surface area contributed by atoms with Gasteiger partial charge in [0.15, 0.2) is 6.61 Å². The topological polar surface area (TPSA) is 62.3 Å². The van der Waals surface area contributed by atoms with Gasteiger partial charge in [0, 0.05) is 32.7 Å². The Kier molecular flexibility index (Phi) is 8.08. The SMILES string of the molecule is CC(C)(C)c1ccc(CN(CCCN2CCOCC2)C(=O)CN2C(=O)COc3ccccc32)cc1. The first kappa shape index (κ1) is 25.2. The molecule has 2 amide bonds. The van der Waals surface area contributed by atoms with E-state index in [0.717, 1.165) is 44.8 Å². The number of carbonyl (C=O) groups is 2. The zero-order valence-electron chi connectivity index (χ0n) is 21.2. The molecule has 7 heteroatoms. The van der Waals surface area contributed by atoms with Gasteiger partial charge in [0.1, 0.15) is 12.3 Å². The van der Waals surface area contributed by atoms with Crippen LogP contribution in [0.1, 0.15) is 38.3 Å². The predicted octanol–water partition coefficient (Wildman–Crippen LogP) is 3.46. The van der Waals surface area contributed by atoms with Crippen molar-refractivity contribution in [3.63, 3.8) is 0 Å². The molecule has 0 spiro atoms. The maximum atomic E-state index is 13.5. The third kappa shape index (κ3) is 6.61. The maximum absolute atomic E-state index is 13.5. The molecule has 1 saturated heterocycles. The fourth-order valence-corrected chi connectivity index (χ4v) is 4.49. The Hall–Kier alpha value is -2.90. The second kappa shape index (κ2) is 11.2. The number of rotatable bonds is 8. The van der Waals surface area contributed by atoms with Gasteiger partial charge < -0.3 is 14.4 Å². The Morgan fingerprint density at radius 3 is 2.46 bits per heavy atom. The van der Waals surface area contributed by atoms with Crippen LogP contribution < -0.4 is 9.64 Å². The van der Waals surface area contributed by atoms with Gasteiger partial charge in [0.05, 0.1) is 18.9 Å². The van der Waals surface area contributed by atoms with Crippen LogP contribution in [0.25, 0.3) is 0 Å². The van der Waals surface area contributed by atoms with E-state index in [-0.39, 0.29) is 30.4 Å². The van der Waals surface area contributed by atoms with Crippen molar-refractivity contribution in [2.75, 3.05) is 57.4 Å². The van der Waals surface area contributed by atoms with Crippen molar-refractivity contribution in [1.82, 2.24) is 9.80 Å². The molecule has 2 aliphatic heterocycles. The highest BCUT2D eigenvalue weighted by atomic mass is 16.5. The Labute approximate surface area is 208 Å². The van der Waals surface area contributed by atoms with Crippen molar-refractivity contribution in [3.05, 3.63) is 59.7 Å². The van der Waals surface area contributed by atoms with Crippen LogP contribution in [-0.2, 0) is 26.3 Å². The highest BCUT2D eigenvalue weighted by Crippen LogP contribution is 2.31. The number of carbonyl (C=O) groups excluding carboxylic acids is 2. The van der Waals surface area contributed by atoms with Gasteiger partial charge >= 0.3 is 0 Å². The van der Waals surface area contributed by atoms with Crippen LogP contribution in [0, 0.1) is 0 Å². The van der Waals surface area contributed by atoms with Crippen LogP contribution in [0.2, 0.25) is 0 Å². The van der Waals surface area contributed by atoms with E-state index in [9.17, 15) is 9.59 Å². The minimum Gasteiger partial charge on any atom is -0.482 e. The van der Waals surface area contributed by atoms with Crippen molar-refractivity contribution in [3.8, 4) is 5.75 Å². The number of ether oxygens (including phenoxy) is 2. The number of para-hydroxylation sites is 2. The standard InChI is InChI=1S/C28H37N3O4/c1-28(2,3)23-11-9-22(10-12-23)19-30(14-6-13-29-15-17-34-18-16-29)26(32)20-31-24-7-4-5-8-25(24)35-21-27(31)33/h4-5,7-12H,6,13-21H2,1-3H3. The smallest absolute Gasteiger partial charge is 0.265 e. The first-order valence-corrected chi connectivity index (χ1v) is 12.5. The van der Waals surface area contributed by atoms with Gasteiger partial charge in [0.2, 0.25) is 5.91 Å². The molecule has 0 unspecified atom stereocenters. The van der Waals surface area contributed by atoms with Gasteiger partial charge in [-0.1, -0.05) is 57.2 Å². The fraction of sp³-hybridized carbons (Fsp3) is 0.500. The van der Waals surface area contributed by atoms with E-state index >= 15 is 0 Å². The summed E-state index contributed by atoms with van der Waals surface area (Å²) < 4.78 is 11.0. The van der Waals surface area contributed by atoms with Crippen molar-refractivity contribution < 1.29 is 19.1 Å². The van der Waals surface area contributed by atoms with E-state index in [1.807, 2.05) is 29.2 Å². The number of amides is 2. The third-order valence-electron chi connectivity index (χ3n) is 6.65. The molecule has 0 atom stereocenters. The third-order valence-corrected chi connectivity index (χ3v) is 6.65. The van der Waals surface area contributed by atoms with E-state index < -0.39 is 0 Å². The Morgan fingerprint density at radius 2 is 1.74 bits per heavy atom. The van der Waals surface area contributed by atoms with E-state index in [0.29, 0.717) is 24.5 Å². The quantitative estimate of drug-likeness (QED) is 0.580. The average molecular weight is 480 g/mol. The number of morpholine rings is 1. The summed E-state index contributed by atoms with van der Waals surface area (Å²) in [5.74, 6) is 0.383. The zero-order chi connectivity index (χ0) is 24.8. The lowest BCUT2D eigenvalue weighted by Gasteiger charge is -2.32. The molecule has 0 bridgehead atoms. The number of fused-ring (bicyclic) bond motifs is 1. The van der Waals surface area contributed by atoms with Gasteiger partial charge in [-0.2, -0.15) is 0 Å². The fourth-order valence-electron chi connectivity index (χ4n) is 4.49. The normalized spacial score (nSPS) is 16.5. The van der Waals surface area contributed by atoms with Gasteiger partial charge in [-0.15, -0.1) is 0 Å². The first-order valence-electron chi connectivity index (χ1n) is 12.5. The molecule has 0 N–H and O–H groups in total. The van der Waals surface area contributed by atoms with Gasteiger partial charge in [0.25, 0.3) is 5.91 Å². The summed E-state index contributed by atoms with van der Waals surface area (Å²) in [6.45, 7) is 12.0. The minimum absolute atomic E-state index is 0.0107. The lowest BCUT2D eigenvalue weighted by Crippen LogP contribution is -2.47. The summed E-state index contributed by atoms with van der Waals surface area (Å²) in [6.07, 6.45) is 0.874. The molecule has 35 heavy (non-hydrogen) atoms. The molecule has 0 aromatic heterocycles. The molecular formula is C28H37N3O4. The van der Waals surface area contributed by atoms with Crippen LogP contribution in [0.4, 0.5) is 5.69 Å². The molecule has 2 aromatic rings. The summed E-state index contributed by atoms with van der Waals surface area (Å²) in [5.41, 5.74) is 3.09. The molecular weight excluding hydrogens is 442 g/mol. The minimum atomic E-state index is -0.195. The second-order valence-electron chi connectivity index (χ2n) is 10.3. The van der Waals surface area contributed by atoms with Crippen molar-refractivity contribution >= 4 is 17.5 Å². The van der Waals surface area contributed by atoms with Crippen molar-refractivity contribution in [1.29, 1.82) is 0 Å². The Morgan fingerprint density at radius 1 is 1.03 bits per heavy atom. The van der Waals surface area contributed by atoms with Gasteiger partial charge in [-0.25, -0.2) is 0 Å². The lowest BCUT2D eigenvalue weighted by molar-refractivity contribution is -0.132. The molecule has 0 aliphatic carbocycles. The van der Waals surface area contributed by atoms with Crippen molar-refractivity contribution in [2.45, 2.75) is 39.2 Å². The lowest BCUT2D eigenvalue weighted by atomic mass is 9.87. The van der Waals surface area contributed by atoms with Crippen molar-refractivity contribution in [2.24, 2.45) is 0 Å². The van der Waals surface area contributed by atoms with Crippen LogP contribution in [0.5, 0.6) is 5.75 Å². The number of nitrogens with zero attached hydrogens (tertiary/aromatic N) is 3. The summed E-state index contributed by atoms with van der Waals surface area (Å²) in [6, 6.07) is 15.9. The highest BCUT2D eigenvalue weighted by Gasteiger charge is 2.29. The monoisotopic (exact) mass is 479 g/mol. The van der Waals surface area contributed by atoms with Crippen LogP contribution in [0.15, 0.2) is 48.5 Å². The first-order chi connectivity index (χ1) is 16.8. The molecule has 188 valence electrons. The Balaban J connectivity index is 1.46. The van der Waals surface area contributed by atoms with Crippen LogP contribution in [0.3, 0.4) is 0 Å². The maximum Gasteiger partial charge on any atom is 0.265 e. The zero-order valence-corrected chi connectivity index (χ0v) is 21.2. The summed E-state index contributed by atoms with van der Waals surface area (Å²) >= 11 is 0. The molecule has 1 fully saturated rings. The van der Waals surface area contributed by atoms with Gasteiger partial charge in [-0.3, -0.25) is 19.4 Å². The molecule has 4 rings (SSSR count). The highest BCUT2D eigenvalue weighted by molar-refractivity contribution is 6.02. The summed E-state index contributed by atoms with van der Waals surface area (Å²) in [5, 5.41) is 0. The molecule has 2 aliphatic rings. The summed E-state index contributed by atoms with van der Waals surface area (Å²) in [7, 11) is 0. The number of anilines is 1. The molecule has 7 nitrogen and oxygen atoms in total. The van der Waals surface area contributed by atoms with Gasteiger partial charge in [-0.05, 0) is 35.1 Å². The largest absolute Gasteiger partial charge is 0.482 e. The molecule has 0 saturated carbocycles. The number of benzene rings is 2. The summed E-state index contributed by atoms with van der Waals surface area (Å²) in [4.78, 5) is 32.0. The molecule has 2 aromatic carbocycles. The van der Waals surface area contributed by atoms with Crippen LogP contribution >= 0.6 is 0 Å². The predicted molar refractivity (Wildman–Crippen MR) is 137 cm³/mol. The average Bonchev–Trinajstić information content (AvgIpc) is 2.85. The van der Waals surface area contributed by atoms with E-state index in [2.05, 4.69) is 49.9 Å². The number of hydrogen-bond acceptors (Lipinski definition) is 5. The van der Waals surface area contributed by atoms with E-state index in [1.54, 1.807) is 4.90 Å².